The standard InChI is InChI=1S/C13H16BrClFNO3S/c1-2-3-4-5-6-17-13(18)9-7-12(21(15,19)20)11(16)8-10(9)14/h7-8H,2-6H2,1H3,(H,17,18). The second kappa shape index (κ2) is 8.10. The molecular formula is C13H16BrClFNO3S. The zero-order valence-corrected chi connectivity index (χ0v) is 14.6. The molecule has 8 heteroatoms. The van der Waals surface area contributed by atoms with Gasteiger partial charge in [0.2, 0.25) is 0 Å². The van der Waals surface area contributed by atoms with Crippen LogP contribution in [0.25, 0.3) is 0 Å². The number of hydrogen-bond acceptors (Lipinski definition) is 3. The first-order valence-corrected chi connectivity index (χ1v) is 9.59. The van der Waals surface area contributed by atoms with Gasteiger partial charge in [0, 0.05) is 21.7 Å². The third-order valence-corrected chi connectivity index (χ3v) is 4.84. The lowest BCUT2D eigenvalue weighted by Gasteiger charge is -2.09. The molecule has 0 aromatic heterocycles. The molecule has 0 saturated carbocycles. The Bertz CT molecular complexity index is 622. The van der Waals surface area contributed by atoms with Crippen molar-refractivity contribution < 1.29 is 17.6 Å². The zero-order chi connectivity index (χ0) is 16.0. The minimum Gasteiger partial charge on any atom is -0.352 e. The smallest absolute Gasteiger partial charge is 0.264 e. The van der Waals surface area contributed by atoms with E-state index in [2.05, 4.69) is 28.2 Å². The predicted octanol–water partition coefficient (Wildman–Crippen LogP) is 3.83. The second-order valence-electron chi connectivity index (χ2n) is 4.52. The largest absolute Gasteiger partial charge is 0.352 e. The number of amides is 1. The summed E-state index contributed by atoms with van der Waals surface area (Å²) < 4.78 is 36.2. The molecule has 4 nitrogen and oxygen atoms in total. The molecule has 1 aromatic rings. The van der Waals surface area contributed by atoms with E-state index in [1.807, 2.05) is 0 Å². The van der Waals surface area contributed by atoms with Gasteiger partial charge >= 0.3 is 0 Å². The van der Waals surface area contributed by atoms with Gasteiger partial charge in [-0.2, -0.15) is 0 Å². The van der Waals surface area contributed by atoms with Crippen molar-refractivity contribution in [3.8, 4) is 0 Å². The van der Waals surface area contributed by atoms with Gasteiger partial charge in [0.05, 0.1) is 5.56 Å². The highest BCUT2D eigenvalue weighted by molar-refractivity contribution is 9.10. The summed E-state index contributed by atoms with van der Waals surface area (Å²) in [7, 11) is 0.897. The molecule has 0 radical (unpaired) electrons. The van der Waals surface area contributed by atoms with Crippen LogP contribution in [-0.2, 0) is 9.05 Å². The van der Waals surface area contributed by atoms with Gasteiger partial charge < -0.3 is 5.32 Å². The summed E-state index contributed by atoms with van der Waals surface area (Å²) in [4.78, 5) is 11.3. The average Bonchev–Trinajstić information content (AvgIpc) is 2.36. The van der Waals surface area contributed by atoms with Gasteiger partial charge in [0.25, 0.3) is 15.0 Å². The van der Waals surface area contributed by atoms with E-state index in [0.717, 1.165) is 37.8 Å². The maximum Gasteiger partial charge on any atom is 0.264 e. The molecule has 0 aliphatic rings. The van der Waals surface area contributed by atoms with E-state index in [0.29, 0.717) is 6.54 Å². The molecule has 1 amide bonds. The number of nitrogens with one attached hydrogen (secondary N) is 1. The first kappa shape index (κ1) is 18.4. The van der Waals surface area contributed by atoms with E-state index < -0.39 is 25.7 Å². The quantitative estimate of drug-likeness (QED) is 0.559. The molecule has 118 valence electrons. The third kappa shape index (κ3) is 5.56. The highest BCUT2D eigenvalue weighted by Gasteiger charge is 2.21. The predicted molar refractivity (Wildman–Crippen MR) is 83.6 cm³/mol. The molecule has 1 aromatic carbocycles. The number of rotatable bonds is 7. The lowest BCUT2D eigenvalue weighted by atomic mass is 10.2. The van der Waals surface area contributed by atoms with Crippen molar-refractivity contribution >= 4 is 41.6 Å². The Morgan fingerprint density at radius 2 is 2.00 bits per heavy atom. The van der Waals surface area contributed by atoms with E-state index in [1.54, 1.807) is 0 Å². The van der Waals surface area contributed by atoms with Crippen molar-refractivity contribution in [1.82, 2.24) is 5.32 Å². The van der Waals surface area contributed by atoms with Crippen molar-refractivity contribution in [2.45, 2.75) is 37.5 Å². The monoisotopic (exact) mass is 399 g/mol. The van der Waals surface area contributed by atoms with Crippen LogP contribution in [0.3, 0.4) is 0 Å². The molecule has 0 aliphatic carbocycles. The average molecular weight is 401 g/mol. The highest BCUT2D eigenvalue weighted by Crippen LogP contribution is 2.26. The zero-order valence-electron chi connectivity index (χ0n) is 11.5. The fourth-order valence-corrected chi connectivity index (χ4v) is 3.14. The van der Waals surface area contributed by atoms with E-state index in [1.165, 1.54) is 0 Å². The van der Waals surface area contributed by atoms with Crippen LogP contribution in [0.2, 0.25) is 0 Å². The summed E-state index contributed by atoms with van der Waals surface area (Å²) in [6.45, 7) is 2.56. The van der Waals surface area contributed by atoms with Gasteiger partial charge in [-0.15, -0.1) is 0 Å². The Labute approximate surface area is 136 Å². The summed E-state index contributed by atoms with van der Waals surface area (Å²) in [5.74, 6) is -1.48. The molecule has 0 bridgehead atoms. The Morgan fingerprint density at radius 1 is 1.33 bits per heavy atom. The number of carbonyl (C=O) groups is 1. The minimum atomic E-state index is -4.24. The Hall–Kier alpha value is -0.660. The van der Waals surface area contributed by atoms with Crippen LogP contribution in [0.15, 0.2) is 21.5 Å². The van der Waals surface area contributed by atoms with Gasteiger partial charge in [-0.05, 0) is 34.5 Å². The van der Waals surface area contributed by atoms with Crippen LogP contribution in [-0.4, -0.2) is 20.9 Å². The van der Waals surface area contributed by atoms with Crippen LogP contribution in [0.5, 0.6) is 0 Å². The van der Waals surface area contributed by atoms with Crippen LogP contribution in [0.1, 0.15) is 43.0 Å². The molecule has 0 spiro atoms. The summed E-state index contributed by atoms with van der Waals surface area (Å²) in [6.07, 6.45) is 4.01. The molecule has 0 atom stereocenters. The van der Waals surface area contributed by atoms with Crippen LogP contribution < -0.4 is 5.32 Å². The van der Waals surface area contributed by atoms with Crippen molar-refractivity contribution in [2.75, 3.05) is 6.54 Å². The second-order valence-corrected chi connectivity index (χ2v) is 7.91. The van der Waals surface area contributed by atoms with Crippen LogP contribution >= 0.6 is 26.6 Å². The highest BCUT2D eigenvalue weighted by atomic mass is 79.9. The molecule has 0 unspecified atom stereocenters. The lowest BCUT2D eigenvalue weighted by Crippen LogP contribution is -2.25. The van der Waals surface area contributed by atoms with E-state index in [9.17, 15) is 17.6 Å². The van der Waals surface area contributed by atoms with Crippen molar-refractivity contribution in [3.63, 3.8) is 0 Å². The SMILES string of the molecule is CCCCCCNC(=O)c1cc(S(=O)(=O)Cl)c(F)cc1Br. The Morgan fingerprint density at radius 3 is 2.57 bits per heavy atom. The summed E-state index contributed by atoms with van der Waals surface area (Å²) >= 11 is 3.04. The topological polar surface area (TPSA) is 63.2 Å². The van der Waals surface area contributed by atoms with Gasteiger partial charge in [0.15, 0.2) is 0 Å². The number of benzene rings is 1. The van der Waals surface area contributed by atoms with Gasteiger partial charge in [0.1, 0.15) is 10.7 Å². The summed E-state index contributed by atoms with van der Waals surface area (Å²) in [6, 6.07) is 1.85. The maximum atomic E-state index is 13.6. The molecule has 1 N–H and O–H groups in total. The van der Waals surface area contributed by atoms with Crippen LogP contribution in [0.4, 0.5) is 4.39 Å². The van der Waals surface area contributed by atoms with E-state index in [-0.39, 0.29) is 10.0 Å². The fourth-order valence-electron chi connectivity index (χ4n) is 1.74. The number of carbonyl (C=O) groups excluding carboxylic acids is 1. The van der Waals surface area contributed by atoms with Crippen molar-refractivity contribution in [3.05, 3.63) is 28.0 Å². The summed E-state index contributed by atoms with van der Waals surface area (Å²) in [5.41, 5.74) is 0.0334. The van der Waals surface area contributed by atoms with Gasteiger partial charge in [-0.1, -0.05) is 26.2 Å². The maximum absolute atomic E-state index is 13.6. The first-order chi connectivity index (χ1) is 9.77. The normalized spacial score (nSPS) is 11.4. The fraction of sp³-hybridized carbons (Fsp3) is 0.462. The van der Waals surface area contributed by atoms with E-state index in [4.69, 9.17) is 10.7 Å². The number of halogens is 3. The third-order valence-electron chi connectivity index (χ3n) is 2.84. The van der Waals surface area contributed by atoms with Crippen molar-refractivity contribution in [2.24, 2.45) is 0 Å². The molecule has 1 rings (SSSR count). The molecular weight excluding hydrogens is 385 g/mol. The molecule has 21 heavy (non-hydrogen) atoms. The molecule has 0 saturated heterocycles. The Kier molecular flexibility index (Phi) is 7.09. The first-order valence-electron chi connectivity index (χ1n) is 6.49. The van der Waals surface area contributed by atoms with E-state index >= 15 is 0 Å². The van der Waals surface area contributed by atoms with Crippen LogP contribution in [0, 0.1) is 5.82 Å². The van der Waals surface area contributed by atoms with Gasteiger partial charge in [-0.3, -0.25) is 4.79 Å². The van der Waals surface area contributed by atoms with Crippen molar-refractivity contribution in [1.29, 1.82) is 0 Å². The molecule has 0 heterocycles. The molecule has 0 fully saturated rings. The summed E-state index contributed by atoms with van der Waals surface area (Å²) in [5, 5.41) is 2.67. The Balaban J connectivity index is 2.85. The number of hydrogen-bond donors (Lipinski definition) is 1. The molecule has 0 aliphatic heterocycles. The lowest BCUT2D eigenvalue weighted by molar-refractivity contribution is 0.0952. The number of unbranched alkanes of at least 4 members (excludes halogenated alkanes) is 3. The van der Waals surface area contributed by atoms with Gasteiger partial charge in [-0.25, -0.2) is 12.8 Å². The minimum absolute atomic E-state index is 0.0334.